The zero-order chi connectivity index (χ0) is 16.0. The first kappa shape index (κ1) is 16.9. The maximum absolute atomic E-state index is 12.5. The fraction of sp³-hybridized carbons (Fsp3) is 0.462. The number of nitrogens with one attached hydrogen (secondary N) is 1. The van der Waals surface area contributed by atoms with Crippen LogP contribution in [0.25, 0.3) is 0 Å². The highest BCUT2D eigenvalue weighted by Crippen LogP contribution is 2.28. The number of ether oxygens (including phenoxy) is 1. The molecule has 0 atom stereocenters. The van der Waals surface area contributed by atoms with Crippen LogP contribution in [0.3, 0.4) is 0 Å². The van der Waals surface area contributed by atoms with Crippen molar-refractivity contribution in [3.63, 3.8) is 0 Å². The van der Waals surface area contributed by atoms with Gasteiger partial charge in [0, 0.05) is 13.0 Å². The van der Waals surface area contributed by atoms with Gasteiger partial charge in [-0.1, -0.05) is 0 Å². The number of pyridine rings is 1. The monoisotopic (exact) mass is 304 g/mol. The first-order valence-electron chi connectivity index (χ1n) is 6.15. The zero-order valence-corrected chi connectivity index (χ0v) is 11.6. The largest absolute Gasteiger partial charge is 0.469 e. The summed E-state index contributed by atoms with van der Waals surface area (Å²) in [5, 5.41) is 2.51. The molecule has 8 heteroatoms. The number of aryl methyl sites for hydroxylation is 1. The number of alkyl halides is 3. The minimum Gasteiger partial charge on any atom is -0.469 e. The van der Waals surface area contributed by atoms with Crippen molar-refractivity contribution in [2.24, 2.45) is 0 Å². The number of aromatic nitrogens is 1. The molecule has 1 amide bonds. The highest BCUT2D eigenvalue weighted by Gasteiger charge is 2.33. The Morgan fingerprint density at radius 3 is 2.52 bits per heavy atom. The van der Waals surface area contributed by atoms with E-state index in [1.807, 2.05) is 0 Å². The fourth-order valence-electron chi connectivity index (χ4n) is 1.59. The van der Waals surface area contributed by atoms with Gasteiger partial charge in [-0.25, -0.2) is 4.98 Å². The molecule has 0 aromatic carbocycles. The maximum Gasteiger partial charge on any atom is 0.433 e. The molecule has 0 saturated heterocycles. The van der Waals surface area contributed by atoms with Crippen molar-refractivity contribution in [2.75, 3.05) is 13.7 Å². The van der Waals surface area contributed by atoms with Crippen LogP contribution in [0, 0.1) is 6.92 Å². The third-order valence-corrected chi connectivity index (χ3v) is 2.69. The predicted octanol–water partition coefficient (Wildman–Crippen LogP) is 2.09. The molecule has 21 heavy (non-hydrogen) atoms. The molecular weight excluding hydrogens is 289 g/mol. The molecule has 0 bridgehead atoms. The Balaban J connectivity index is 2.61. The summed E-state index contributed by atoms with van der Waals surface area (Å²) in [4.78, 5) is 26.0. The summed E-state index contributed by atoms with van der Waals surface area (Å²) in [5.41, 5.74) is -0.974. The second kappa shape index (κ2) is 7.05. The Bertz CT molecular complexity index is 530. The second-order valence-electron chi connectivity index (χ2n) is 4.26. The van der Waals surface area contributed by atoms with E-state index >= 15 is 0 Å². The van der Waals surface area contributed by atoms with E-state index in [2.05, 4.69) is 15.0 Å². The Morgan fingerprint density at radius 2 is 2.00 bits per heavy atom. The normalized spacial score (nSPS) is 11.1. The Morgan fingerprint density at radius 1 is 1.33 bits per heavy atom. The average molecular weight is 304 g/mol. The first-order valence-corrected chi connectivity index (χ1v) is 6.15. The van der Waals surface area contributed by atoms with Gasteiger partial charge in [-0.3, -0.25) is 9.59 Å². The van der Waals surface area contributed by atoms with Crippen LogP contribution >= 0.6 is 0 Å². The molecule has 116 valence electrons. The van der Waals surface area contributed by atoms with Gasteiger partial charge in [-0.2, -0.15) is 13.2 Å². The zero-order valence-electron chi connectivity index (χ0n) is 11.6. The Kier molecular flexibility index (Phi) is 5.69. The van der Waals surface area contributed by atoms with E-state index in [0.717, 1.165) is 12.1 Å². The molecule has 0 spiro atoms. The number of hydrogen-bond acceptors (Lipinski definition) is 4. The van der Waals surface area contributed by atoms with Crippen molar-refractivity contribution in [3.05, 3.63) is 29.1 Å². The minimum atomic E-state index is -4.54. The lowest BCUT2D eigenvalue weighted by molar-refractivity contribution is -0.141. The summed E-state index contributed by atoms with van der Waals surface area (Å²) in [6.07, 6.45) is -4.01. The van der Waals surface area contributed by atoms with Crippen molar-refractivity contribution >= 4 is 11.9 Å². The number of amides is 1. The third kappa shape index (κ3) is 5.05. The number of halogens is 3. The number of carbonyl (C=O) groups is 2. The third-order valence-electron chi connectivity index (χ3n) is 2.69. The summed E-state index contributed by atoms with van der Waals surface area (Å²) < 4.78 is 41.8. The van der Waals surface area contributed by atoms with Gasteiger partial charge in [-0.15, -0.1) is 0 Å². The van der Waals surface area contributed by atoms with Crippen LogP contribution in [-0.4, -0.2) is 30.5 Å². The minimum absolute atomic E-state index is 0.00436. The molecule has 0 aliphatic rings. The number of rotatable bonds is 5. The number of nitrogens with zero attached hydrogens (tertiary/aromatic N) is 1. The average Bonchev–Trinajstić information content (AvgIpc) is 2.41. The van der Waals surface area contributed by atoms with Gasteiger partial charge in [0.15, 0.2) is 0 Å². The molecule has 1 aromatic rings. The van der Waals surface area contributed by atoms with Crippen LogP contribution in [0.5, 0.6) is 0 Å². The van der Waals surface area contributed by atoms with Crippen LogP contribution < -0.4 is 5.32 Å². The van der Waals surface area contributed by atoms with E-state index in [4.69, 9.17) is 0 Å². The van der Waals surface area contributed by atoms with Crippen molar-refractivity contribution < 1.29 is 27.5 Å². The second-order valence-corrected chi connectivity index (χ2v) is 4.26. The molecule has 0 aliphatic heterocycles. The van der Waals surface area contributed by atoms with Crippen LogP contribution in [0.2, 0.25) is 0 Å². The topological polar surface area (TPSA) is 68.3 Å². The molecular formula is C13H15F3N2O3. The lowest BCUT2D eigenvalue weighted by Gasteiger charge is -2.10. The van der Waals surface area contributed by atoms with E-state index in [1.54, 1.807) is 0 Å². The van der Waals surface area contributed by atoms with Gasteiger partial charge >= 0.3 is 12.1 Å². The van der Waals surface area contributed by atoms with Crippen molar-refractivity contribution in [1.82, 2.24) is 10.3 Å². The Labute approximate surface area is 119 Å². The number of methoxy groups -OCH3 is 1. The number of esters is 1. The van der Waals surface area contributed by atoms with E-state index in [0.29, 0.717) is 6.42 Å². The van der Waals surface area contributed by atoms with Gasteiger partial charge in [-0.05, 0) is 25.5 Å². The highest BCUT2D eigenvalue weighted by atomic mass is 19.4. The summed E-state index contributed by atoms with van der Waals surface area (Å²) in [7, 11) is 1.26. The fourth-order valence-corrected chi connectivity index (χ4v) is 1.59. The summed E-state index contributed by atoms with van der Waals surface area (Å²) in [5.74, 6) is -0.921. The predicted molar refractivity (Wildman–Crippen MR) is 67.6 cm³/mol. The lowest BCUT2D eigenvalue weighted by atomic mass is 10.1. The SMILES string of the molecule is COC(=O)CCCNC(=O)c1ccc(C(F)(F)F)nc1C. The van der Waals surface area contributed by atoms with E-state index < -0.39 is 23.7 Å². The standard InChI is InChI=1S/C13H15F3N2O3/c1-8-9(5-6-10(18-8)13(14,15)16)12(20)17-7-3-4-11(19)21-2/h5-6H,3-4,7H2,1-2H3,(H,17,20). The van der Waals surface area contributed by atoms with Gasteiger partial charge < -0.3 is 10.1 Å². The van der Waals surface area contributed by atoms with Crippen LogP contribution in [-0.2, 0) is 15.7 Å². The highest BCUT2D eigenvalue weighted by molar-refractivity contribution is 5.95. The summed E-state index contributed by atoms with van der Waals surface area (Å²) in [6, 6.07) is 1.84. The van der Waals surface area contributed by atoms with Crippen molar-refractivity contribution in [2.45, 2.75) is 25.9 Å². The molecule has 0 unspecified atom stereocenters. The molecule has 5 nitrogen and oxygen atoms in total. The molecule has 0 fully saturated rings. The molecule has 1 aromatic heterocycles. The molecule has 1 rings (SSSR count). The first-order chi connectivity index (χ1) is 9.75. The van der Waals surface area contributed by atoms with Gasteiger partial charge in [0.25, 0.3) is 5.91 Å². The van der Waals surface area contributed by atoms with Crippen molar-refractivity contribution in [3.8, 4) is 0 Å². The van der Waals surface area contributed by atoms with E-state index in [-0.39, 0.29) is 24.2 Å². The van der Waals surface area contributed by atoms with Crippen molar-refractivity contribution in [1.29, 1.82) is 0 Å². The number of carbonyl (C=O) groups excluding carboxylic acids is 2. The summed E-state index contributed by atoms with van der Waals surface area (Å²) in [6.45, 7) is 1.55. The van der Waals surface area contributed by atoms with Crippen LogP contribution in [0.4, 0.5) is 13.2 Å². The molecule has 0 radical (unpaired) electrons. The molecule has 0 aliphatic carbocycles. The van der Waals surface area contributed by atoms with E-state index in [9.17, 15) is 22.8 Å². The van der Waals surface area contributed by atoms with Crippen LogP contribution in [0.1, 0.15) is 34.6 Å². The molecule has 0 saturated carbocycles. The van der Waals surface area contributed by atoms with Gasteiger partial charge in [0.05, 0.1) is 18.4 Å². The molecule has 1 N–H and O–H groups in total. The van der Waals surface area contributed by atoms with Crippen LogP contribution in [0.15, 0.2) is 12.1 Å². The quantitative estimate of drug-likeness (QED) is 0.668. The Hall–Kier alpha value is -2.12. The maximum atomic E-state index is 12.5. The number of hydrogen-bond donors (Lipinski definition) is 1. The van der Waals surface area contributed by atoms with E-state index in [1.165, 1.54) is 14.0 Å². The molecule has 1 heterocycles. The lowest BCUT2D eigenvalue weighted by Crippen LogP contribution is -2.26. The summed E-state index contributed by atoms with van der Waals surface area (Å²) >= 11 is 0. The van der Waals surface area contributed by atoms with Gasteiger partial charge in [0.1, 0.15) is 5.69 Å². The smallest absolute Gasteiger partial charge is 0.433 e. The van der Waals surface area contributed by atoms with Gasteiger partial charge in [0.2, 0.25) is 0 Å².